The van der Waals surface area contributed by atoms with E-state index in [1.165, 1.54) is 0 Å². The van der Waals surface area contributed by atoms with E-state index in [4.69, 9.17) is 27.7 Å². The van der Waals surface area contributed by atoms with Gasteiger partial charge >= 0.3 is 0 Å². The highest BCUT2D eigenvalue weighted by Crippen LogP contribution is 2.28. The van der Waals surface area contributed by atoms with Crippen molar-refractivity contribution < 1.29 is 9.32 Å². The number of hydrogen-bond donors (Lipinski definition) is 1. The van der Waals surface area contributed by atoms with Crippen LogP contribution in [-0.2, 0) is 11.3 Å². The van der Waals surface area contributed by atoms with Crippen molar-refractivity contribution in [3.63, 3.8) is 0 Å². The summed E-state index contributed by atoms with van der Waals surface area (Å²) in [5, 5.41) is 8.23. The zero-order valence-electron chi connectivity index (χ0n) is 16.5. The summed E-state index contributed by atoms with van der Waals surface area (Å²) in [6.07, 6.45) is 2.76. The van der Waals surface area contributed by atoms with E-state index < -0.39 is 0 Å². The third-order valence-electron chi connectivity index (χ3n) is 5.22. The Balaban J connectivity index is 1.63. The van der Waals surface area contributed by atoms with E-state index >= 15 is 0 Å². The van der Waals surface area contributed by atoms with Gasteiger partial charge in [-0.15, -0.1) is 0 Å². The van der Waals surface area contributed by atoms with Crippen LogP contribution >= 0.6 is 23.2 Å². The van der Waals surface area contributed by atoms with E-state index in [-0.39, 0.29) is 17.4 Å². The van der Waals surface area contributed by atoms with Crippen molar-refractivity contribution in [1.82, 2.24) is 20.4 Å². The van der Waals surface area contributed by atoms with Gasteiger partial charge in [-0.3, -0.25) is 9.69 Å². The van der Waals surface area contributed by atoms with E-state index in [9.17, 15) is 4.79 Å². The van der Waals surface area contributed by atoms with Crippen LogP contribution in [0.5, 0.6) is 0 Å². The molecule has 1 atom stereocenters. The lowest BCUT2D eigenvalue weighted by atomic mass is 9.94. The number of hydrogen-bond acceptors (Lipinski definition) is 5. The molecule has 0 bridgehead atoms. The van der Waals surface area contributed by atoms with Gasteiger partial charge in [-0.1, -0.05) is 35.3 Å². The molecule has 1 fully saturated rings. The molecule has 0 spiro atoms. The number of amides is 1. The normalized spacial score (nSPS) is 18.2. The monoisotopic (exact) mass is 424 g/mol. The predicted molar refractivity (Wildman–Crippen MR) is 110 cm³/mol. The lowest BCUT2D eigenvalue weighted by Crippen LogP contribution is -2.49. The van der Waals surface area contributed by atoms with Crippen LogP contribution in [0.3, 0.4) is 0 Å². The van der Waals surface area contributed by atoms with Crippen LogP contribution in [0.1, 0.15) is 45.9 Å². The number of rotatable bonds is 6. The number of nitrogens with one attached hydrogen (secondary N) is 1. The number of halogens is 2. The largest absolute Gasteiger partial charge is 0.351 e. The van der Waals surface area contributed by atoms with Crippen molar-refractivity contribution in [3.05, 3.63) is 34.1 Å². The molecule has 28 heavy (non-hydrogen) atoms. The smallest absolute Gasteiger partial charge is 0.241 e. The summed E-state index contributed by atoms with van der Waals surface area (Å²) in [4.78, 5) is 19.3. The molecule has 0 radical (unpaired) electrons. The quantitative estimate of drug-likeness (QED) is 0.735. The first-order valence-corrected chi connectivity index (χ1v) is 10.4. The van der Waals surface area contributed by atoms with Crippen molar-refractivity contribution >= 4 is 29.1 Å². The minimum atomic E-state index is -0.182. The number of likely N-dealkylation sites (tertiary alicyclic amines) is 1. The molecule has 1 aromatic heterocycles. The molecule has 8 heteroatoms. The molecule has 1 amide bonds. The summed E-state index contributed by atoms with van der Waals surface area (Å²) in [5.74, 6) is 1.05. The van der Waals surface area contributed by atoms with Crippen molar-refractivity contribution in [2.24, 2.45) is 5.92 Å². The fraction of sp³-hybridized carbons (Fsp3) is 0.550. The molecule has 6 nitrogen and oxygen atoms in total. The number of aromatic nitrogens is 2. The van der Waals surface area contributed by atoms with E-state index in [1.54, 1.807) is 18.2 Å². The fourth-order valence-electron chi connectivity index (χ4n) is 3.23. The standard InChI is InChI=1S/C20H26Cl2N4O2/c1-4-20(2,3)24-19(27)13-6-5-9-26(11-13)12-17-23-18(25-28-17)15-8-7-14(21)10-16(15)22/h7-8,10,13H,4-6,9,11-12H2,1-3H3,(H,24,27). The van der Waals surface area contributed by atoms with E-state index in [1.807, 2.05) is 13.8 Å². The minimum Gasteiger partial charge on any atom is -0.351 e. The maximum Gasteiger partial charge on any atom is 0.241 e. The van der Waals surface area contributed by atoms with Gasteiger partial charge < -0.3 is 9.84 Å². The van der Waals surface area contributed by atoms with Crippen molar-refractivity contribution in [2.45, 2.75) is 52.1 Å². The Morgan fingerprint density at radius 1 is 1.39 bits per heavy atom. The molecule has 0 aliphatic carbocycles. The van der Waals surface area contributed by atoms with Gasteiger partial charge in [0.1, 0.15) is 0 Å². The summed E-state index contributed by atoms with van der Waals surface area (Å²) in [6.45, 7) is 8.28. The summed E-state index contributed by atoms with van der Waals surface area (Å²) in [5.41, 5.74) is 0.497. The van der Waals surface area contributed by atoms with Gasteiger partial charge in [0.25, 0.3) is 0 Å². The summed E-state index contributed by atoms with van der Waals surface area (Å²) < 4.78 is 5.41. The molecule has 2 aromatic rings. The summed E-state index contributed by atoms with van der Waals surface area (Å²) >= 11 is 12.2. The van der Waals surface area contributed by atoms with E-state index in [2.05, 4.69) is 27.3 Å². The molecule has 1 aliphatic heterocycles. The van der Waals surface area contributed by atoms with Gasteiger partial charge in [0.2, 0.25) is 17.6 Å². The molecule has 152 valence electrons. The molecule has 1 unspecified atom stereocenters. The highest BCUT2D eigenvalue weighted by atomic mass is 35.5. The molecule has 1 aromatic carbocycles. The molecular formula is C20H26Cl2N4O2. The van der Waals surface area contributed by atoms with Gasteiger partial charge in [-0.25, -0.2) is 0 Å². The molecule has 3 rings (SSSR count). The van der Waals surface area contributed by atoms with Crippen LogP contribution < -0.4 is 5.32 Å². The zero-order chi connectivity index (χ0) is 20.3. The molecule has 2 heterocycles. The average molecular weight is 425 g/mol. The average Bonchev–Trinajstić information content (AvgIpc) is 3.09. The summed E-state index contributed by atoms with van der Waals surface area (Å²) in [6, 6.07) is 5.17. The number of benzene rings is 1. The van der Waals surface area contributed by atoms with Crippen LogP contribution in [0.2, 0.25) is 10.0 Å². The third kappa shape index (κ3) is 5.25. The third-order valence-corrected chi connectivity index (χ3v) is 5.77. The lowest BCUT2D eigenvalue weighted by molar-refractivity contribution is -0.128. The van der Waals surface area contributed by atoms with Gasteiger partial charge in [0, 0.05) is 22.7 Å². The Hall–Kier alpha value is -1.63. The SMILES string of the molecule is CCC(C)(C)NC(=O)C1CCCN(Cc2nc(-c3ccc(Cl)cc3Cl)no2)C1. The first-order chi connectivity index (χ1) is 13.3. The fourth-order valence-corrected chi connectivity index (χ4v) is 3.72. The Morgan fingerprint density at radius 2 is 2.18 bits per heavy atom. The van der Waals surface area contributed by atoms with Gasteiger partial charge in [0.05, 0.1) is 17.5 Å². The second kappa shape index (κ2) is 8.80. The first-order valence-electron chi connectivity index (χ1n) is 9.60. The minimum absolute atomic E-state index is 0.0207. The van der Waals surface area contributed by atoms with Crippen LogP contribution in [0.25, 0.3) is 11.4 Å². The van der Waals surface area contributed by atoms with Crippen LogP contribution in [0.4, 0.5) is 0 Å². The first kappa shape index (κ1) is 21.1. The van der Waals surface area contributed by atoms with Crippen LogP contribution in [-0.4, -0.2) is 39.6 Å². The molecule has 1 aliphatic rings. The van der Waals surface area contributed by atoms with Gasteiger partial charge in [0.15, 0.2) is 0 Å². The van der Waals surface area contributed by atoms with Crippen molar-refractivity contribution in [2.75, 3.05) is 13.1 Å². The summed E-state index contributed by atoms with van der Waals surface area (Å²) in [7, 11) is 0. The predicted octanol–water partition coefficient (Wildman–Crippen LogP) is 4.56. The maximum atomic E-state index is 12.6. The Labute approximate surface area is 175 Å². The van der Waals surface area contributed by atoms with Crippen molar-refractivity contribution in [3.8, 4) is 11.4 Å². The Morgan fingerprint density at radius 3 is 2.89 bits per heavy atom. The molecule has 1 N–H and O–H groups in total. The second-order valence-corrected chi connectivity index (χ2v) is 8.78. The van der Waals surface area contributed by atoms with Crippen molar-refractivity contribution in [1.29, 1.82) is 0 Å². The maximum absolute atomic E-state index is 12.6. The second-order valence-electron chi connectivity index (χ2n) is 7.94. The van der Waals surface area contributed by atoms with Crippen LogP contribution in [0, 0.1) is 5.92 Å². The number of carbonyl (C=O) groups excluding carboxylic acids is 1. The highest BCUT2D eigenvalue weighted by Gasteiger charge is 2.29. The van der Waals surface area contributed by atoms with Crippen LogP contribution in [0.15, 0.2) is 22.7 Å². The topological polar surface area (TPSA) is 71.3 Å². The molecule has 0 saturated carbocycles. The van der Waals surface area contributed by atoms with Gasteiger partial charge in [-0.2, -0.15) is 4.98 Å². The van der Waals surface area contributed by atoms with Gasteiger partial charge in [-0.05, 0) is 57.9 Å². The zero-order valence-corrected chi connectivity index (χ0v) is 18.0. The highest BCUT2D eigenvalue weighted by molar-refractivity contribution is 6.36. The number of carbonyl (C=O) groups is 1. The molecular weight excluding hydrogens is 399 g/mol. The molecule has 1 saturated heterocycles. The number of piperidine rings is 1. The van der Waals surface area contributed by atoms with E-state index in [0.717, 1.165) is 25.8 Å². The Bertz CT molecular complexity index is 837. The Kier molecular flexibility index (Phi) is 6.63. The van der Waals surface area contributed by atoms with E-state index in [0.29, 0.717) is 40.4 Å². The number of nitrogens with zero attached hydrogens (tertiary/aromatic N) is 3. The lowest BCUT2D eigenvalue weighted by Gasteiger charge is -2.33.